The summed E-state index contributed by atoms with van der Waals surface area (Å²) in [6.07, 6.45) is 0.839. The van der Waals surface area contributed by atoms with E-state index in [0.717, 1.165) is 20.8 Å². The molecule has 0 saturated carbocycles. The number of benzene rings is 2. The zero-order chi connectivity index (χ0) is 15.5. The third kappa shape index (κ3) is 3.31. The number of aryl methyl sites for hydroxylation is 2. The normalized spacial score (nSPS) is 10.8. The molecule has 0 spiro atoms. The fraction of sp³-hybridized carbons (Fsp3) is 0.176. The summed E-state index contributed by atoms with van der Waals surface area (Å²) in [6.45, 7) is 1.86. The highest BCUT2D eigenvalue weighted by Crippen LogP contribution is 2.22. The molecule has 0 fully saturated rings. The van der Waals surface area contributed by atoms with Crippen LogP contribution >= 0.6 is 11.3 Å². The minimum atomic E-state index is -0.418. The molecule has 3 nitrogen and oxygen atoms in total. The first kappa shape index (κ1) is 14.7. The first-order valence-electron chi connectivity index (χ1n) is 7.02. The molecular formula is C17H15FN2OS. The molecule has 0 aliphatic carbocycles. The van der Waals surface area contributed by atoms with Gasteiger partial charge in [0.1, 0.15) is 5.82 Å². The number of thiazole rings is 1. The van der Waals surface area contributed by atoms with Gasteiger partial charge in [0, 0.05) is 12.8 Å². The molecule has 1 amide bonds. The van der Waals surface area contributed by atoms with Gasteiger partial charge in [-0.3, -0.25) is 4.79 Å². The zero-order valence-electron chi connectivity index (χ0n) is 12.1. The number of carbonyl (C=O) groups excluding carboxylic acids is 1. The molecule has 0 aliphatic rings. The lowest BCUT2D eigenvalue weighted by atomic mass is 10.2. The summed E-state index contributed by atoms with van der Waals surface area (Å²) >= 11 is 1.59. The number of hydrogen-bond donors (Lipinski definition) is 1. The lowest BCUT2D eigenvalue weighted by Crippen LogP contribution is -2.13. The van der Waals surface area contributed by atoms with Gasteiger partial charge in [0.15, 0.2) is 0 Å². The van der Waals surface area contributed by atoms with Crippen LogP contribution in [0.2, 0.25) is 0 Å². The Bertz CT molecular complexity index is 795. The van der Waals surface area contributed by atoms with Crippen LogP contribution in [-0.4, -0.2) is 10.9 Å². The van der Waals surface area contributed by atoms with Gasteiger partial charge in [-0.1, -0.05) is 18.2 Å². The topological polar surface area (TPSA) is 42.0 Å². The SMILES string of the molecule is Cc1ccc(F)c(NC(=O)CCc2nc3ccccc3s2)c1. The highest BCUT2D eigenvalue weighted by Gasteiger charge is 2.09. The van der Waals surface area contributed by atoms with Gasteiger partial charge in [-0.05, 0) is 36.8 Å². The van der Waals surface area contributed by atoms with E-state index in [4.69, 9.17) is 0 Å². The average molecular weight is 314 g/mol. The summed E-state index contributed by atoms with van der Waals surface area (Å²) in [6, 6.07) is 12.5. The van der Waals surface area contributed by atoms with Crippen molar-refractivity contribution in [3.05, 3.63) is 58.9 Å². The molecule has 0 aliphatic heterocycles. The molecule has 0 saturated heterocycles. The molecule has 1 N–H and O–H groups in total. The molecule has 5 heteroatoms. The van der Waals surface area contributed by atoms with Crippen molar-refractivity contribution < 1.29 is 9.18 Å². The van der Waals surface area contributed by atoms with Gasteiger partial charge < -0.3 is 5.32 Å². The Morgan fingerprint density at radius 2 is 2.09 bits per heavy atom. The van der Waals surface area contributed by atoms with Crippen LogP contribution in [0.4, 0.5) is 10.1 Å². The summed E-state index contributed by atoms with van der Waals surface area (Å²) in [5.41, 5.74) is 2.09. The number of anilines is 1. The van der Waals surface area contributed by atoms with Crippen molar-refractivity contribution >= 4 is 33.1 Å². The molecule has 2 aromatic carbocycles. The van der Waals surface area contributed by atoms with Gasteiger partial charge in [0.25, 0.3) is 0 Å². The number of aromatic nitrogens is 1. The summed E-state index contributed by atoms with van der Waals surface area (Å²) < 4.78 is 14.7. The number of amides is 1. The summed E-state index contributed by atoms with van der Waals surface area (Å²) in [7, 11) is 0. The number of nitrogens with one attached hydrogen (secondary N) is 1. The zero-order valence-corrected chi connectivity index (χ0v) is 12.9. The van der Waals surface area contributed by atoms with E-state index in [0.29, 0.717) is 6.42 Å². The number of para-hydroxylation sites is 1. The van der Waals surface area contributed by atoms with Crippen molar-refractivity contribution in [3.8, 4) is 0 Å². The minimum absolute atomic E-state index is 0.205. The molecule has 3 rings (SSSR count). The molecule has 1 aromatic heterocycles. The van der Waals surface area contributed by atoms with Crippen molar-refractivity contribution in [1.29, 1.82) is 0 Å². The lowest BCUT2D eigenvalue weighted by molar-refractivity contribution is -0.116. The quantitative estimate of drug-likeness (QED) is 0.779. The smallest absolute Gasteiger partial charge is 0.224 e. The first-order valence-corrected chi connectivity index (χ1v) is 7.84. The number of halogens is 1. The predicted octanol–water partition coefficient (Wildman–Crippen LogP) is 4.32. The minimum Gasteiger partial charge on any atom is -0.324 e. The van der Waals surface area contributed by atoms with E-state index in [1.807, 2.05) is 31.2 Å². The molecule has 22 heavy (non-hydrogen) atoms. The summed E-state index contributed by atoms with van der Waals surface area (Å²) in [4.78, 5) is 16.5. The molecule has 3 aromatic rings. The van der Waals surface area contributed by atoms with E-state index >= 15 is 0 Å². The molecule has 0 unspecified atom stereocenters. The Morgan fingerprint density at radius 1 is 1.27 bits per heavy atom. The summed E-state index contributed by atoms with van der Waals surface area (Å²) in [5, 5.41) is 3.54. The van der Waals surface area contributed by atoms with Gasteiger partial charge in [-0.25, -0.2) is 9.37 Å². The van der Waals surface area contributed by atoms with E-state index in [9.17, 15) is 9.18 Å². The van der Waals surface area contributed by atoms with Crippen molar-refractivity contribution in [2.24, 2.45) is 0 Å². The van der Waals surface area contributed by atoms with Crippen LogP contribution in [0.15, 0.2) is 42.5 Å². The van der Waals surface area contributed by atoms with E-state index in [1.165, 1.54) is 6.07 Å². The fourth-order valence-electron chi connectivity index (χ4n) is 2.19. The second kappa shape index (κ2) is 6.23. The second-order valence-electron chi connectivity index (χ2n) is 5.11. The highest BCUT2D eigenvalue weighted by atomic mass is 32.1. The first-order chi connectivity index (χ1) is 10.6. The van der Waals surface area contributed by atoms with Crippen LogP contribution in [0, 0.1) is 12.7 Å². The standard InChI is InChI=1S/C17H15FN2OS/c1-11-6-7-12(18)14(10-11)19-16(21)8-9-17-20-13-4-2-3-5-15(13)22-17/h2-7,10H,8-9H2,1H3,(H,19,21). The van der Waals surface area contributed by atoms with E-state index in [1.54, 1.807) is 23.5 Å². The van der Waals surface area contributed by atoms with Crippen molar-refractivity contribution in [2.75, 3.05) is 5.32 Å². The third-order valence-electron chi connectivity index (χ3n) is 3.30. The Morgan fingerprint density at radius 3 is 2.91 bits per heavy atom. The lowest BCUT2D eigenvalue weighted by Gasteiger charge is -2.06. The average Bonchev–Trinajstić information content (AvgIpc) is 2.92. The summed E-state index contributed by atoms with van der Waals surface area (Å²) in [5.74, 6) is -0.623. The monoisotopic (exact) mass is 314 g/mol. The fourth-order valence-corrected chi connectivity index (χ4v) is 3.16. The van der Waals surface area contributed by atoms with Gasteiger partial charge >= 0.3 is 0 Å². The van der Waals surface area contributed by atoms with E-state index in [2.05, 4.69) is 10.3 Å². The van der Waals surface area contributed by atoms with Crippen LogP contribution in [-0.2, 0) is 11.2 Å². The van der Waals surface area contributed by atoms with E-state index < -0.39 is 5.82 Å². The maximum atomic E-state index is 13.6. The highest BCUT2D eigenvalue weighted by molar-refractivity contribution is 7.18. The molecular weight excluding hydrogens is 299 g/mol. The number of carbonyl (C=O) groups is 1. The Kier molecular flexibility index (Phi) is 4.15. The van der Waals surface area contributed by atoms with Crippen LogP contribution in [0.25, 0.3) is 10.2 Å². The van der Waals surface area contributed by atoms with Crippen LogP contribution in [0.5, 0.6) is 0 Å². The van der Waals surface area contributed by atoms with Crippen LogP contribution in [0.3, 0.4) is 0 Å². The molecule has 112 valence electrons. The van der Waals surface area contributed by atoms with Gasteiger partial charge in [0.2, 0.25) is 5.91 Å². The van der Waals surface area contributed by atoms with Gasteiger partial charge in [-0.15, -0.1) is 11.3 Å². The largest absolute Gasteiger partial charge is 0.324 e. The Balaban J connectivity index is 1.63. The van der Waals surface area contributed by atoms with Crippen LogP contribution < -0.4 is 5.32 Å². The van der Waals surface area contributed by atoms with Gasteiger partial charge in [-0.2, -0.15) is 0 Å². The maximum absolute atomic E-state index is 13.6. The Labute approximate surface area is 131 Å². The molecule has 0 radical (unpaired) electrons. The van der Waals surface area contributed by atoms with Crippen molar-refractivity contribution in [2.45, 2.75) is 19.8 Å². The second-order valence-corrected chi connectivity index (χ2v) is 6.22. The Hall–Kier alpha value is -2.27. The molecule has 0 bridgehead atoms. The number of rotatable bonds is 4. The predicted molar refractivity (Wildman–Crippen MR) is 87.7 cm³/mol. The van der Waals surface area contributed by atoms with Crippen molar-refractivity contribution in [1.82, 2.24) is 4.98 Å². The number of fused-ring (bicyclic) bond motifs is 1. The molecule has 1 heterocycles. The number of nitrogens with zero attached hydrogens (tertiary/aromatic N) is 1. The van der Waals surface area contributed by atoms with Crippen molar-refractivity contribution in [3.63, 3.8) is 0 Å². The number of hydrogen-bond acceptors (Lipinski definition) is 3. The maximum Gasteiger partial charge on any atom is 0.224 e. The van der Waals surface area contributed by atoms with E-state index in [-0.39, 0.29) is 18.0 Å². The van der Waals surface area contributed by atoms with Crippen LogP contribution in [0.1, 0.15) is 17.0 Å². The molecule has 0 atom stereocenters. The third-order valence-corrected chi connectivity index (χ3v) is 4.40. The van der Waals surface area contributed by atoms with Gasteiger partial charge in [0.05, 0.1) is 20.9 Å².